The Kier molecular flexibility index (Phi) is 7.91. The molecule has 1 fully saturated rings. The van der Waals surface area contributed by atoms with Crippen molar-refractivity contribution in [1.82, 2.24) is 19.2 Å². The van der Waals surface area contributed by atoms with Gasteiger partial charge in [-0.2, -0.15) is 0 Å². The lowest BCUT2D eigenvalue weighted by molar-refractivity contribution is -0.140. The minimum Gasteiger partial charge on any atom is -0.505 e. The van der Waals surface area contributed by atoms with Gasteiger partial charge in [0.15, 0.2) is 17.3 Å². The third-order valence-electron chi connectivity index (χ3n) is 7.02. The van der Waals surface area contributed by atoms with Crippen molar-refractivity contribution >= 4 is 23.1 Å². The molecule has 38 heavy (non-hydrogen) atoms. The van der Waals surface area contributed by atoms with E-state index >= 15 is 0 Å². The molecule has 10 nitrogen and oxygen atoms in total. The summed E-state index contributed by atoms with van der Waals surface area (Å²) in [5.74, 6) is -0.584. The zero-order valence-corrected chi connectivity index (χ0v) is 22.6. The van der Waals surface area contributed by atoms with Crippen molar-refractivity contribution in [3.8, 4) is 17.2 Å². The van der Waals surface area contributed by atoms with Gasteiger partial charge in [-0.25, -0.2) is 4.98 Å². The molecule has 4 rings (SSSR count). The number of methoxy groups -OCH3 is 3. The fraction of sp³-hybridized carbons (Fsp3) is 0.393. The van der Waals surface area contributed by atoms with E-state index in [1.165, 1.54) is 26.2 Å². The van der Waals surface area contributed by atoms with Crippen LogP contribution < -0.4 is 14.2 Å². The standard InChI is InChI=1S/C28H34N4O6/c1-7-30(8-2)13-14-32-24(18-15-19(36-4)27(38-6)20(16-18)37-5)22(26(34)28(32)35)25(33)23-17(3)29-21-11-9-10-12-31(21)23/h9-12,15-16,24,33H,7-8,13-14H2,1-6H3/b25-22+/t24-/m0/s1. The summed E-state index contributed by atoms with van der Waals surface area (Å²) in [6.45, 7) is 8.30. The van der Waals surface area contributed by atoms with Crippen LogP contribution in [0.4, 0.5) is 0 Å². The van der Waals surface area contributed by atoms with Gasteiger partial charge in [0.05, 0.1) is 38.6 Å². The number of likely N-dealkylation sites (N-methyl/N-ethyl adjacent to an activating group) is 1. The first kappa shape index (κ1) is 27.0. The molecule has 1 aliphatic rings. The maximum absolute atomic E-state index is 13.6. The quantitative estimate of drug-likeness (QED) is 0.245. The van der Waals surface area contributed by atoms with Gasteiger partial charge >= 0.3 is 0 Å². The topological polar surface area (TPSA) is 106 Å². The van der Waals surface area contributed by atoms with Crippen LogP contribution in [0.2, 0.25) is 0 Å². The molecule has 0 unspecified atom stereocenters. The molecule has 3 heterocycles. The highest BCUT2D eigenvalue weighted by Gasteiger charge is 2.47. The number of carbonyl (C=O) groups excluding carboxylic acids is 2. The zero-order chi connectivity index (χ0) is 27.6. The number of fused-ring (bicyclic) bond motifs is 1. The van der Waals surface area contributed by atoms with E-state index < -0.39 is 17.7 Å². The lowest BCUT2D eigenvalue weighted by Gasteiger charge is -2.29. The smallest absolute Gasteiger partial charge is 0.295 e. The number of amides is 1. The minimum atomic E-state index is -0.882. The van der Waals surface area contributed by atoms with Crippen LogP contribution in [0.3, 0.4) is 0 Å². The van der Waals surface area contributed by atoms with E-state index in [9.17, 15) is 14.7 Å². The highest BCUT2D eigenvalue weighted by atomic mass is 16.5. The predicted molar refractivity (Wildman–Crippen MR) is 143 cm³/mol. The molecule has 3 aromatic rings. The second-order valence-electron chi connectivity index (χ2n) is 8.95. The number of ether oxygens (including phenoxy) is 3. The molecular weight excluding hydrogens is 488 g/mol. The molecule has 1 amide bonds. The fourth-order valence-corrected chi connectivity index (χ4v) is 5.03. The first-order valence-corrected chi connectivity index (χ1v) is 12.6. The van der Waals surface area contributed by atoms with Gasteiger partial charge < -0.3 is 29.1 Å². The van der Waals surface area contributed by atoms with Gasteiger partial charge in [-0.1, -0.05) is 19.9 Å². The van der Waals surface area contributed by atoms with Crippen molar-refractivity contribution in [3.05, 3.63) is 59.1 Å². The van der Waals surface area contributed by atoms with Crippen molar-refractivity contribution in [2.75, 3.05) is 47.5 Å². The molecule has 1 saturated heterocycles. The van der Waals surface area contributed by atoms with Gasteiger partial charge in [-0.05, 0) is 49.8 Å². The number of nitrogens with zero attached hydrogens (tertiary/aromatic N) is 4. The summed E-state index contributed by atoms with van der Waals surface area (Å²) in [7, 11) is 4.50. The van der Waals surface area contributed by atoms with Gasteiger partial charge in [0, 0.05) is 19.3 Å². The van der Waals surface area contributed by atoms with Crippen LogP contribution in [0.15, 0.2) is 42.1 Å². The lowest BCUT2D eigenvalue weighted by atomic mass is 9.95. The van der Waals surface area contributed by atoms with Crippen LogP contribution in [0, 0.1) is 6.92 Å². The molecule has 2 aromatic heterocycles. The predicted octanol–water partition coefficient (Wildman–Crippen LogP) is 3.43. The van der Waals surface area contributed by atoms with E-state index in [0.717, 1.165) is 13.1 Å². The van der Waals surface area contributed by atoms with Crippen molar-refractivity contribution in [2.24, 2.45) is 0 Å². The number of rotatable bonds is 10. The number of likely N-dealkylation sites (tertiary alicyclic amines) is 1. The number of aromatic nitrogens is 2. The monoisotopic (exact) mass is 522 g/mol. The second-order valence-corrected chi connectivity index (χ2v) is 8.95. The first-order chi connectivity index (χ1) is 18.3. The van der Waals surface area contributed by atoms with Crippen LogP contribution in [0.1, 0.15) is 36.8 Å². The molecule has 1 aliphatic heterocycles. The van der Waals surface area contributed by atoms with E-state index in [1.807, 2.05) is 32.0 Å². The summed E-state index contributed by atoms with van der Waals surface area (Å²) in [5.41, 5.74) is 2.04. The molecule has 202 valence electrons. The van der Waals surface area contributed by atoms with Gasteiger partial charge in [-0.3, -0.25) is 14.0 Å². The van der Waals surface area contributed by atoms with E-state index in [2.05, 4.69) is 9.88 Å². The Bertz CT molecular complexity index is 1370. The average molecular weight is 523 g/mol. The number of aliphatic hydroxyl groups is 1. The first-order valence-electron chi connectivity index (χ1n) is 12.6. The van der Waals surface area contributed by atoms with Crippen molar-refractivity contribution in [2.45, 2.75) is 26.8 Å². The molecule has 0 saturated carbocycles. The van der Waals surface area contributed by atoms with Crippen molar-refractivity contribution in [1.29, 1.82) is 0 Å². The number of imidazole rings is 1. The maximum atomic E-state index is 13.6. The number of hydrogen-bond acceptors (Lipinski definition) is 8. The van der Waals surface area contributed by atoms with Gasteiger partial charge in [0.1, 0.15) is 11.3 Å². The molecule has 0 radical (unpaired) electrons. The lowest BCUT2D eigenvalue weighted by Crippen LogP contribution is -2.38. The summed E-state index contributed by atoms with van der Waals surface area (Å²) < 4.78 is 18.3. The van der Waals surface area contributed by atoms with Gasteiger partial charge in [0.2, 0.25) is 5.75 Å². The molecule has 0 bridgehead atoms. The molecule has 1 aromatic carbocycles. The molecule has 0 spiro atoms. The molecular formula is C28H34N4O6. The summed E-state index contributed by atoms with van der Waals surface area (Å²) in [5, 5.41) is 11.7. The SMILES string of the molecule is CCN(CC)CCN1C(=O)C(=O)/C(=C(/O)c2c(C)nc3ccccn23)[C@@H]1c1cc(OC)c(OC)c(OC)c1. The number of carbonyl (C=O) groups is 2. The van der Waals surface area contributed by atoms with Crippen LogP contribution in [-0.4, -0.2) is 83.5 Å². The van der Waals surface area contributed by atoms with Gasteiger partial charge in [-0.15, -0.1) is 0 Å². The average Bonchev–Trinajstić information content (AvgIpc) is 3.40. The Morgan fingerprint density at radius 2 is 1.71 bits per heavy atom. The molecule has 1 atom stereocenters. The number of pyridine rings is 1. The van der Waals surface area contributed by atoms with Crippen LogP contribution in [0.5, 0.6) is 17.2 Å². The van der Waals surface area contributed by atoms with Crippen LogP contribution in [-0.2, 0) is 9.59 Å². The number of Topliss-reactive ketones (excluding diaryl/α,β-unsaturated/α-hetero) is 1. The molecule has 10 heteroatoms. The van der Waals surface area contributed by atoms with Crippen LogP contribution in [0.25, 0.3) is 11.4 Å². The molecule has 1 N–H and O–H groups in total. The van der Waals surface area contributed by atoms with Gasteiger partial charge in [0.25, 0.3) is 11.7 Å². The fourth-order valence-electron chi connectivity index (χ4n) is 5.03. The minimum absolute atomic E-state index is 0.0161. The maximum Gasteiger partial charge on any atom is 0.295 e. The Hall–Kier alpha value is -4.05. The summed E-state index contributed by atoms with van der Waals surface area (Å²) in [4.78, 5) is 35.2. The largest absolute Gasteiger partial charge is 0.505 e. The second kappa shape index (κ2) is 11.1. The number of aliphatic hydroxyl groups excluding tert-OH is 1. The normalized spacial score (nSPS) is 17.0. The van der Waals surface area contributed by atoms with E-state index in [0.29, 0.717) is 46.4 Å². The van der Waals surface area contributed by atoms with Crippen molar-refractivity contribution in [3.63, 3.8) is 0 Å². The van der Waals surface area contributed by atoms with E-state index in [1.54, 1.807) is 29.7 Å². The number of hydrogen-bond donors (Lipinski definition) is 1. The van der Waals surface area contributed by atoms with E-state index in [4.69, 9.17) is 14.2 Å². The molecule has 0 aliphatic carbocycles. The summed E-state index contributed by atoms with van der Waals surface area (Å²) in [6.07, 6.45) is 1.76. The Balaban J connectivity index is 1.96. The van der Waals surface area contributed by atoms with Crippen LogP contribution >= 0.6 is 0 Å². The third kappa shape index (κ3) is 4.56. The Labute approximate surface area is 222 Å². The summed E-state index contributed by atoms with van der Waals surface area (Å²) >= 11 is 0. The van der Waals surface area contributed by atoms with Crippen molar-refractivity contribution < 1.29 is 28.9 Å². The highest BCUT2D eigenvalue weighted by molar-refractivity contribution is 6.46. The Morgan fingerprint density at radius 1 is 1.05 bits per heavy atom. The summed E-state index contributed by atoms with van der Waals surface area (Å²) in [6, 6.07) is 7.99. The highest BCUT2D eigenvalue weighted by Crippen LogP contribution is 2.45. The number of ketones is 1. The zero-order valence-electron chi connectivity index (χ0n) is 22.6. The number of aryl methyl sites for hydroxylation is 1. The van der Waals surface area contributed by atoms with E-state index in [-0.39, 0.29) is 17.9 Å². The number of benzene rings is 1. The Morgan fingerprint density at radius 3 is 2.29 bits per heavy atom. The third-order valence-corrected chi connectivity index (χ3v) is 7.02.